The van der Waals surface area contributed by atoms with Crippen molar-refractivity contribution in [3.05, 3.63) is 5.89 Å². The third kappa shape index (κ3) is 2.45. The molecule has 0 aliphatic carbocycles. The zero-order valence-electron chi connectivity index (χ0n) is 8.53. The molecular formula is C8H12N2O4. The van der Waals surface area contributed by atoms with Crippen molar-refractivity contribution in [1.29, 1.82) is 0 Å². The van der Waals surface area contributed by atoms with Crippen molar-refractivity contribution in [1.82, 2.24) is 10.1 Å². The van der Waals surface area contributed by atoms with Gasteiger partial charge in [-0.15, -0.1) is 0 Å². The number of rotatable bonds is 1. The first-order valence-electron chi connectivity index (χ1n) is 4.03. The van der Waals surface area contributed by atoms with Gasteiger partial charge in [-0.1, -0.05) is 20.8 Å². The van der Waals surface area contributed by atoms with E-state index < -0.39 is 6.16 Å². The van der Waals surface area contributed by atoms with Crippen LogP contribution in [0.4, 0.5) is 4.79 Å². The standard InChI is InChI=1S/C8H12N2O4/c1-8(2,3)5-9-6(10-14-5)13-7(11)12-4/h1-4H3. The predicted molar refractivity (Wildman–Crippen MR) is 46.0 cm³/mol. The van der Waals surface area contributed by atoms with E-state index in [4.69, 9.17) is 4.52 Å². The summed E-state index contributed by atoms with van der Waals surface area (Å²) >= 11 is 0. The Kier molecular flexibility index (Phi) is 2.73. The second-order valence-electron chi connectivity index (χ2n) is 3.69. The Bertz CT molecular complexity index is 326. The molecule has 78 valence electrons. The van der Waals surface area contributed by atoms with E-state index in [-0.39, 0.29) is 11.4 Å². The van der Waals surface area contributed by atoms with Crippen LogP contribution < -0.4 is 4.74 Å². The molecule has 0 radical (unpaired) electrons. The molecule has 0 N–H and O–H groups in total. The van der Waals surface area contributed by atoms with Crippen LogP contribution in [-0.2, 0) is 10.2 Å². The minimum Gasteiger partial charge on any atom is -0.437 e. The maximum absolute atomic E-state index is 10.7. The van der Waals surface area contributed by atoms with Gasteiger partial charge in [0, 0.05) is 5.41 Å². The fourth-order valence-electron chi connectivity index (χ4n) is 0.672. The molecule has 0 unspecified atom stereocenters. The first kappa shape index (κ1) is 10.5. The molecule has 0 bridgehead atoms. The van der Waals surface area contributed by atoms with Gasteiger partial charge in [-0.2, -0.15) is 4.98 Å². The first-order valence-corrected chi connectivity index (χ1v) is 4.03. The zero-order valence-corrected chi connectivity index (χ0v) is 8.53. The highest BCUT2D eigenvalue weighted by Crippen LogP contribution is 2.21. The molecule has 0 saturated carbocycles. The number of carbonyl (C=O) groups is 1. The van der Waals surface area contributed by atoms with Crippen LogP contribution in [0.2, 0.25) is 0 Å². The van der Waals surface area contributed by atoms with E-state index in [0.29, 0.717) is 5.89 Å². The average molecular weight is 200 g/mol. The van der Waals surface area contributed by atoms with Crippen molar-refractivity contribution in [3.63, 3.8) is 0 Å². The Morgan fingerprint density at radius 1 is 1.43 bits per heavy atom. The summed E-state index contributed by atoms with van der Waals surface area (Å²) in [5, 5.41) is 3.46. The molecule has 0 fully saturated rings. The molecule has 0 amide bonds. The lowest BCUT2D eigenvalue weighted by Crippen LogP contribution is -2.12. The van der Waals surface area contributed by atoms with Gasteiger partial charge in [0.05, 0.1) is 7.11 Å². The Labute approximate surface area is 81.2 Å². The molecule has 0 spiro atoms. The monoisotopic (exact) mass is 200 g/mol. The highest BCUT2D eigenvalue weighted by molar-refractivity contribution is 5.62. The fourth-order valence-corrected chi connectivity index (χ4v) is 0.672. The van der Waals surface area contributed by atoms with Crippen LogP contribution in [0, 0.1) is 0 Å². The third-order valence-electron chi connectivity index (χ3n) is 1.39. The molecule has 1 rings (SSSR count). The maximum Gasteiger partial charge on any atom is 0.516 e. The molecule has 0 atom stereocenters. The van der Waals surface area contributed by atoms with Gasteiger partial charge in [0.15, 0.2) is 0 Å². The van der Waals surface area contributed by atoms with Crippen molar-refractivity contribution in [3.8, 4) is 6.01 Å². The van der Waals surface area contributed by atoms with Crippen LogP contribution in [0.3, 0.4) is 0 Å². The number of methoxy groups -OCH3 is 1. The number of hydrogen-bond acceptors (Lipinski definition) is 6. The Morgan fingerprint density at radius 3 is 2.50 bits per heavy atom. The Hall–Kier alpha value is -1.59. The van der Waals surface area contributed by atoms with E-state index in [9.17, 15) is 4.79 Å². The summed E-state index contributed by atoms with van der Waals surface area (Å²) in [6, 6.07) is -0.137. The Morgan fingerprint density at radius 2 is 2.07 bits per heavy atom. The molecule has 0 saturated heterocycles. The van der Waals surface area contributed by atoms with Crippen LogP contribution in [0.25, 0.3) is 0 Å². The normalized spacial score (nSPS) is 11.1. The van der Waals surface area contributed by atoms with E-state index in [1.165, 1.54) is 7.11 Å². The van der Waals surface area contributed by atoms with Crippen LogP contribution >= 0.6 is 0 Å². The largest absolute Gasteiger partial charge is 0.516 e. The second-order valence-corrected chi connectivity index (χ2v) is 3.69. The molecule has 0 aliphatic rings. The minimum absolute atomic E-state index is 0.137. The lowest BCUT2D eigenvalue weighted by Gasteiger charge is -2.09. The minimum atomic E-state index is -0.869. The molecule has 14 heavy (non-hydrogen) atoms. The summed E-state index contributed by atoms with van der Waals surface area (Å²) in [4.78, 5) is 14.5. The highest BCUT2D eigenvalue weighted by atomic mass is 16.7. The zero-order chi connectivity index (χ0) is 10.8. The lowest BCUT2D eigenvalue weighted by molar-refractivity contribution is 0.116. The fraction of sp³-hybridized carbons (Fsp3) is 0.625. The van der Waals surface area contributed by atoms with Crippen molar-refractivity contribution in [2.45, 2.75) is 26.2 Å². The summed E-state index contributed by atoms with van der Waals surface area (Å²) in [7, 11) is 1.20. The van der Waals surface area contributed by atoms with Gasteiger partial charge in [0.2, 0.25) is 5.89 Å². The van der Waals surface area contributed by atoms with E-state index in [2.05, 4.69) is 19.6 Å². The number of hydrogen-bond donors (Lipinski definition) is 0. The third-order valence-corrected chi connectivity index (χ3v) is 1.39. The van der Waals surface area contributed by atoms with Crippen molar-refractivity contribution >= 4 is 6.16 Å². The smallest absolute Gasteiger partial charge is 0.437 e. The number of aromatic nitrogens is 2. The number of carbonyl (C=O) groups excluding carboxylic acids is 1. The van der Waals surface area contributed by atoms with E-state index in [1.807, 2.05) is 20.8 Å². The number of nitrogens with zero attached hydrogens (tertiary/aromatic N) is 2. The second kappa shape index (κ2) is 3.65. The maximum atomic E-state index is 10.7. The molecule has 1 aromatic rings. The molecule has 0 aromatic carbocycles. The average Bonchev–Trinajstić information content (AvgIpc) is 2.51. The van der Waals surface area contributed by atoms with Gasteiger partial charge >= 0.3 is 12.2 Å². The van der Waals surface area contributed by atoms with Gasteiger partial charge in [-0.05, 0) is 5.16 Å². The summed E-state index contributed by atoms with van der Waals surface area (Å²) in [6.07, 6.45) is -0.869. The van der Waals surface area contributed by atoms with E-state index in [0.717, 1.165) is 0 Å². The Balaban J connectivity index is 2.74. The van der Waals surface area contributed by atoms with Crippen molar-refractivity contribution < 1.29 is 18.8 Å². The van der Waals surface area contributed by atoms with Crippen molar-refractivity contribution in [2.24, 2.45) is 0 Å². The van der Waals surface area contributed by atoms with Crippen molar-refractivity contribution in [2.75, 3.05) is 7.11 Å². The van der Waals surface area contributed by atoms with Gasteiger partial charge in [-0.3, -0.25) is 0 Å². The molecular weight excluding hydrogens is 188 g/mol. The summed E-state index contributed by atoms with van der Waals surface area (Å²) in [6.45, 7) is 5.72. The number of ether oxygens (including phenoxy) is 2. The van der Waals surface area contributed by atoms with Gasteiger partial charge in [0.25, 0.3) is 0 Å². The summed E-state index contributed by atoms with van der Waals surface area (Å²) in [5.41, 5.74) is -0.273. The molecule has 0 aliphatic heterocycles. The van der Waals surface area contributed by atoms with Gasteiger partial charge in [0.1, 0.15) is 0 Å². The van der Waals surface area contributed by atoms with Crippen LogP contribution in [0.1, 0.15) is 26.7 Å². The predicted octanol–water partition coefficient (Wildman–Crippen LogP) is 1.51. The quantitative estimate of drug-likeness (QED) is 0.639. The summed E-state index contributed by atoms with van der Waals surface area (Å²) < 4.78 is 13.7. The summed E-state index contributed by atoms with van der Waals surface area (Å²) in [5.74, 6) is 0.399. The van der Waals surface area contributed by atoms with E-state index >= 15 is 0 Å². The van der Waals surface area contributed by atoms with Crippen LogP contribution in [0.5, 0.6) is 6.01 Å². The van der Waals surface area contributed by atoms with E-state index in [1.54, 1.807) is 0 Å². The molecule has 1 heterocycles. The highest BCUT2D eigenvalue weighted by Gasteiger charge is 2.23. The van der Waals surface area contributed by atoms with Gasteiger partial charge < -0.3 is 14.0 Å². The molecule has 6 heteroatoms. The van der Waals surface area contributed by atoms with Gasteiger partial charge in [-0.25, -0.2) is 4.79 Å². The first-order chi connectivity index (χ1) is 6.43. The van der Waals surface area contributed by atoms with Crippen LogP contribution in [0.15, 0.2) is 4.52 Å². The topological polar surface area (TPSA) is 74.5 Å². The molecule has 1 aromatic heterocycles. The molecule has 6 nitrogen and oxygen atoms in total. The lowest BCUT2D eigenvalue weighted by atomic mass is 9.97. The SMILES string of the molecule is COC(=O)Oc1noc(C(C)(C)C)n1. The van der Waals surface area contributed by atoms with Crippen LogP contribution in [-0.4, -0.2) is 23.4 Å².